The van der Waals surface area contributed by atoms with Crippen molar-refractivity contribution in [3.05, 3.63) is 64.7 Å². The van der Waals surface area contributed by atoms with Crippen LogP contribution in [0.2, 0.25) is 5.02 Å². The lowest BCUT2D eigenvalue weighted by Gasteiger charge is -2.32. The van der Waals surface area contributed by atoms with E-state index >= 15 is 0 Å². The van der Waals surface area contributed by atoms with E-state index in [4.69, 9.17) is 16.3 Å². The summed E-state index contributed by atoms with van der Waals surface area (Å²) in [6, 6.07) is 15.8. The number of hydrogen-bond donors (Lipinski definition) is 1. The minimum absolute atomic E-state index is 0.00658. The zero-order valence-corrected chi connectivity index (χ0v) is 16.7. The first-order valence-electron chi connectivity index (χ1n) is 9.46. The number of ether oxygens (including phenoxy) is 1. The fourth-order valence-corrected chi connectivity index (χ4v) is 3.77. The number of nitrogens with zero attached hydrogens (tertiary/aromatic N) is 1. The average Bonchev–Trinajstić information content (AvgIpc) is 2.68. The average molecular weight is 387 g/mol. The number of hydrogen-bond acceptors (Lipinski definition) is 3. The van der Waals surface area contributed by atoms with Crippen molar-refractivity contribution < 1.29 is 9.53 Å². The molecule has 2 aromatic rings. The summed E-state index contributed by atoms with van der Waals surface area (Å²) < 4.78 is 5.18. The maximum Gasteiger partial charge on any atom is 0.223 e. The highest BCUT2D eigenvalue weighted by atomic mass is 35.5. The van der Waals surface area contributed by atoms with Gasteiger partial charge in [0.2, 0.25) is 5.91 Å². The molecule has 0 bridgehead atoms. The Bertz CT molecular complexity index is 755. The molecule has 1 aliphatic rings. The first kappa shape index (κ1) is 19.7. The van der Waals surface area contributed by atoms with Crippen molar-refractivity contribution in [1.29, 1.82) is 0 Å². The molecule has 1 atom stereocenters. The van der Waals surface area contributed by atoms with Crippen molar-refractivity contribution in [1.82, 2.24) is 10.2 Å². The summed E-state index contributed by atoms with van der Waals surface area (Å²) in [6.07, 6.45) is 1.78. The number of carbonyl (C=O) groups excluding carboxylic acids is 1. The van der Waals surface area contributed by atoms with Gasteiger partial charge in [0.1, 0.15) is 5.75 Å². The van der Waals surface area contributed by atoms with E-state index in [1.54, 1.807) is 7.11 Å². The molecule has 4 nitrogen and oxygen atoms in total. The monoisotopic (exact) mass is 386 g/mol. The van der Waals surface area contributed by atoms with Crippen LogP contribution >= 0.6 is 11.6 Å². The highest BCUT2D eigenvalue weighted by molar-refractivity contribution is 6.30. The van der Waals surface area contributed by atoms with Gasteiger partial charge in [-0.05, 0) is 68.2 Å². The lowest BCUT2D eigenvalue weighted by molar-refractivity contribution is -0.127. The van der Waals surface area contributed by atoms with Crippen molar-refractivity contribution in [2.24, 2.45) is 5.92 Å². The fraction of sp³-hybridized carbons (Fsp3) is 0.409. The van der Waals surface area contributed by atoms with Gasteiger partial charge in [-0.2, -0.15) is 0 Å². The number of carbonyl (C=O) groups is 1. The summed E-state index contributed by atoms with van der Waals surface area (Å²) >= 11 is 6.06. The maximum atomic E-state index is 12.6. The van der Waals surface area contributed by atoms with Gasteiger partial charge in [0, 0.05) is 17.5 Å². The topological polar surface area (TPSA) is 41.6 Å². The van der Waals surface area contributed by atoms with Crippen LogP contribution in [0.5, 0.6) is 5.75 Å². The van der Waals surface area contributed by atoms with Crippen molar-refractivity contribution in [3.8, 4) is 5.75 Å². The van der Waals surface area contributed by atoms with Gasteiger partial charge in [-0.15, -0.1) is 0 Å². The van der Waals surface area contributed by atoms with Gasteiger partial charge in [-0.25, -0.2) is 0 Å². The Balaban J connectivity index is 1.47. The van der Waals surface area contributed by atoms with E-state index in [1.165, 1.54) is 5.56 Å². The molecule has 1 aliphatic heterocycles. The van der Waals surface area contributed by atoms with E-state index in [9.17, 15) is 4.79 Å². The third-order valence-electron chi connectivity index (χ3n) is 5.23. The van der Waals surface area contributed by atoms with Crippen LogP contribution in [-0.2, 0) is 11.3 Å². The van der Waals surface area contributed by atoms with E-state index in [2.05, 4.69) is 16.3 Å². The summed E-state index contributed by atoms with van der Waals surface area (Å²) in [4.78, 5) is 15.0. The second-order valence-corrected chi connectivity index (χ2v) is 7.62. The van der Waals surface area contributed by atoms with E-state index in [0.29, 0.717) is 0 Å². The Hall–Kier alpha value is -2.04. The van der Waals surface area contributed by atoms with Crippen LogP contribution in [0, 0.1) is 5.92 Å². The minimum atomic E-state index is -0.00658. The van der Waals surface area contributed by atoms with Crippen molar-refractivity contribution in [2.75, 3.05) is 20.2 Å². The smallest absolute Gasteiger partial charge is 0.223 e. The van der Waals surface area contributed by atoms with Gasteiger partial charge in [0.15, 0.2) is 0 Å². The third-order valence-corrected chi connectivity index (χ3v) is 5.46. The van der Waals surface area contributed by atoms with E-state index in [1.807, 2.05) is 49.4 Å². The Morgan fingerprint density at radius 3 is 2.56 bits per heavy atom. The molecule has 27 heavy (non-hydrogen) atoms. The van der Waals surface area contributed by atoms with Gasteiger partial charge >= 0.3 is 0 Å². The SMILES string of the molecule is COc1ccc([C@H](C)NC(=O)C2CCN(Cc3cccc(Cl)c3)CC2)cc1. The molecule has 0 aliphatic carbocycles. The van der Waals surface area contributed by atoms with Crippen LogP contribution in [0.4, 0.5) is 0 Å². The minimum Gasteiger partial charge on any atom is -0.497 e. The summed E-state index contributed by atoms with van der Waals surface area (Å²) in [5, 5.41) is 3.93. The molecule has 0 radical (unpaired) electrons. The quantitative estimate of drug-likeness (QED) is 0.798. The van der Waals surface area contributed by atoms with Crippen LogP contribution in [-0.4, -0.2) is 31.0 Å². The molecule has 5 heteroatoms. The summed E-state index contributed by atoms with van der Waals surface area (Å²) in [7, 11) is 1.65. The number of amides is 1. The molecule has 1 saturated heterocycles. The second-order valence-electron chi connectivity index (χ2n) is 7.18. The number of halogens is 1. The second kappa shape index (κ2) is 9.25. The predicted octanol–water partition coefficient (Wildman–Crippen LogP) is 4.44. The molecular formula is C22H27ClN2O2. The van der Waals surface area contributed by atoms with Gasteiger partial charge in [0.05, 0.1) is 13.2 Å². The Morgan fingerprint density at radius 1 is 1.22 bits per heavy atom. The predicted molar refractivity (Wildman–Crippen MR) is 109 cm³/mol. The summed E-state index contributed by atoms with van der Waals surface area (Å²) in [5.41, 5.74) is 2.31. The molecule has 0 unspecified atom stereocenters. The van der Waals surface area contributed by atoms with Crippen LogP contribution < -0.4 is 10.1 Å². The summed E-state index contributed by atoms with van der Waals surface area (Å²) in [6.45, 7) is 4.77. The number of likely N-dealkylation sites (tertiary alicyclic amines) is 1. The van der Waals surface area contributed by atoms with Gasteiger partial charge in [-0.3, -0.25) is 9.69 Å². The van der Waals surface area contributed by atoms with E-state index < -0.39 is 0 Å². The van der Waals surface area contributed by atoms with Crippen LogP contribution in [0.1, 0.15) is 36.9 Å². The first-order chi connectivity index (χ1) is 13.0. The lowest BCUT2D eigenvalue weighted by Crippen LogP contribution is -2.40. The number of benzene rings is 2. The number of rotatable bonds is 6. The normalized spacial score (nSPS) is 16.7. The zero-order valence-electron chi connectivity index (χ0n) is 16.0. The van der Waals surface area contributed by atoms with E-state index in [-0.39, 0.29) is 17.9 Å². The van der Waals surface area contributed by atoms with Gasteiger partial charge in [-0.1, -0.05) is 35.9 Å². The number of methoxy groups -OCH3 is 1. The number of piperidine rings is 1. The molecule has 144 valence electrons. The molecular weight excluding hydrogens is 360 g/mol. The Kier molecular flexibility index (Phi) is 6.75. The van der Waals surface area contributed by atoms with Crippen LogP contribution in [0.25, 0.3) is 0 Å². The summed E-state index contributed by atoms with van der Waals surface area (Å²) in [5.74, 6) is 1.06. The van der Waals surface area contributed by atoms with Crippen molar-refractivity contribution in [2.45, 2.75) is 32.4 Å². The molecule has 1 N–H and O–H groups in total. The third kappa shape index (κ3) is 5.47. The first-order valence-corrected chi connectivity index (χ1v) is 9.84. The van der Waals surface area contributed by atoms with Crippen molar-refractivity contribution >= 4 is 17.5 Å². The molecule has 0 saturated carbocycles. The standard InChI is InChI=1S/C22H27ClN2O2/c1-16(18-6-8-21(27-2)9-7-18)24-22(26)19-10-12-25(13-11-19)15-17-4-3-5-20(23)14-17/h3-9,14,16,19H,10-13,15H2,1-2H3,(H,24,26)/t16-/m0/s1. The van der Waals surface area contributed by atoms with Gasteiger partial charge in [0.25, 0.3) is 0 Å². The molecule has 1 heterocycles. The molecule has 1 fully saturated rings. The largest absolute Gasteiger partial charge is 0.497 e. The molecule has 2 aromatic carbocycles. The molecule has 0 spiro atoms. The lowest BCUT2D eigenvalue weighted by atomic mass is 9.95. The zero-order chi connectivity index (χ0) is 19.2. The molecule has 3 rings (SSSR count). The highest BCUT2D eigenvalue weighted by Gasteiger charge is 2.26. The molecule has 1 amide bonds. The Morgan fingerprint density at radius 2 is 1.93 bits per heavy atom. The molecule has 0 aromatic heterocycles. The number of nitrogens with one attached hydrogen (secondary N) is 1. The van der Waals surface area contributed by atoms with Crippen LogP contribution in [0.15, 0.2) is 48.5 Å². The Labute approximate surface area is 166 Å². The fourth-order valence-electron chi connectivity index (χ4n) is 3.55. The van der Waals surface area contributed by atoms with E-state index in [0.717, 1.165) is 48.8 Å². The highest BCUT2D eigenvalue weighted by Crippen LogP contribution is 2.22. The maximum absolute atomic E-state index is 12.6. The van der Waals surface area contributed by atoms with Gasteiger partial charge < -0.3 is 10.1 Å². The van der Waals surface area contributed by atoms with Crippen molar-refractivity contribution in [3.63, 3.8) is 0 Å². The van der Waals surface area contributed by atoms with Crippen LogP contribution in [0.3, 0.4) is 0 Å².